The van der Waals surface area contributed by atoms with Crippen LogP contribution in [0, 0.1) is 29.3 Å². The summed E-state index contributed by atoms with van der Waals surface area (Å²) in [6.45, 7) is 5.15. The zero-order chi connectivity index (χ0) is 22.1. The Kier molecular flexibility index (Phi) is 5.98. The van der Waals surface area contributed by atoms with Gasteiger partial charge in [0.2, 0.25) is 0 Å². The van der Waals surface area contributed by atoms with E-state index in [9.17, 15) is 18.0 Å². The minimum atomic E-state index is -1.20. The van der Waals surface area contributed by atoms with Gasteiger partial charge in [0.15, 0.2) is 5.65 Å². The summed E-state index contributed by atoms with van der Waals surface area (Å²) < 4.78 is 44.0. The van der Waals surface area contributed by atoms with E-state index in [1.807, 2.05) is 24.5 Å². The molecule has 1 aliphatic rings. The van der Waals surface area contributed by atoms with Crippen molar-refractivity contribution in [2.75, 3.05) is 6.54 Å². The summed E-state index contributed by atoms with van der Waals surface area (Å²) in [5, 5.41) is 0. The number of halogens is 3. The molecule has 0 aliphatic heterocycles. The van der Waals surface area contributed by atoms with Gasteiger partial charge in [-0.3, -0.25) is 4.79 Å². The predicted octanol–water partition coefficient (Wildman–Crippen LogP) is 4.95. The van der Waals surface area contributed by atoms with Gasteiger partial charge in [-0.15, -0.1) is 0 Å². The number of hydrogen-bond donors (Lipinski definition) is 0. The molecule has 1 amide bonds. The molecule has 1 fully saturated rings. The zero-order valence-electron chi connectivity index (χ0n) is 17.6. The van der Waals surface area contributed by atoms with E-state index in [1.54, 1.807) is 12.3 Å². The molecule has 1 aliphatic carbocycles. The van der Waals surface area contributed by atoms with Crippen molar-refractivity contribution in [2.45, 2.75) is 46.2 Å². The number of nitrogens with zero attached hydrogens (tertiary/aromatic N) is 4. The van der Waals surface area contributed by atoms with E-state index in [1.165, 1.54) is 4.90 Å². The zero-order valence-corrected chi connectivity index (χ0v) is 17.6. The smallest absolute Gasteiger partial charge is 0.260 e. The van der Waals surface area contributed by atoms with Gasteiger partial charge in [0.05, 0.1) is 6.54 Å². The molecule has 164 valence electrons. The first kappa shape index (κ1) is 21.3. The SMILES string of the molecule is CC(C)CCN(Cc1nc2cccnc2n1CC1CC1)C(=O)c1c(F)cc(F)cc1F. The van der Waals surface area contributed by atoms with Crippen molar-refractivity contribution in [3.05, 3.63) is 59.3 Å². The molecule has 8 heteroatoms. The molecule has 3 aromatic rings. The highest BCUT2D eigenvalue weighted by atomic mass is 19.1. The molecule has 0 bridgehead atoms. The van der Waals surface area contributed by atoms with Crippen LogP contribution in [0.4, 0.5) is 13.2 Å². The van der Waals surface area contributed by atoms with Crippen LogP contribution in [0.1, 0.15) is 49.3 Å². The second-order valence-corrected chi connectivity index (χ2v) is 8.58. The molecule has 0 spiro atoms. The number of hydrogen-bond acceptors (Lipinski definition) is 3. The monoisotopic (exact) mass is 430 g/mol. The van der Waals surface area contributed by atoms with Gasteiger partial charge in [-0.05, 0) is 43.2 Å². The average molecular weight is 430 g/mol. The number of benzene rings is 1. The molecule has 4 rings (SSSR count). The van der Waals surface area contributed by atoms with Gasteiger partial charge in [0.1, 0.15) is 34.4 Å². The Morgan fingerprint density at radius 2 is 1.94 bits per heavy atom. The molecule has 2 aromatic heterocycles. The van der Waals surface area contributed by atoms with Crippen molar-refractivity contribution in [1.82, 2.24) is 19.4 Å². The summed E-state index contributed by atoms with van der Waals surface area (Å²) in [7, 11) is 0. The predicted molar refractivity (Wildman–Crippen MR) is 111 cm³/mol. The topological polar surface area (TPSA) is 51.0 Å². The average Bonchev–Trinajstić information content (AvgIpc) is 3.45. The third-order valence-corrected chi connectivity index (χ3v) is 5.54. The number of carbonyl (C=O) groups is 1. The van der Waals surface area contributed by atoms with E-state index < -0.39 is 28.9 Å². The van der Waals surface area contributed by atoms with Gasteiger partial charge in [-0.1, -0.05) is 13.8 Å². The summed E-state index contributed by atoms with van der Waals surface area (Å²) in [4.78, 5) is 23.6. The first-order chi connectivity index (χ1) is 14.8. The summed E-state index contributed by atoms with van der Waals surface area (Å²) >= 11 is 0. The quantitative estimate of drug-likeness (QED) is 0.508. The molecule has 1 saturated carbocycles. The Hall–Kier alpha value is -2.90. The molecule has 1 aromatic carbocycles. The lowest BCUT2D eigenvalue weighted by atomic mass is 10.1. The fraction of sp³-hybridized carbons (Fsp3) is 0.435. The molecule has 0 saturated heterocycles. The summed E-state index contributed by atoms with van der Waals surface area (Å²) in [5.74, 6) is -2.82. The van der Waals surface area contributed by atoms with Gasteiger partial charge in [0, 0.05) is 31.4 Å². The largest absolute Gasteiger partial charge is 0.331 e. The maximum absolute atomic E-state index is 14.3. The van der Waals surface area contributed by atoms with Crippen molar-refractivity contribution < 1.29 is 18.0 Å². The number of pyridine rings is 1. The van der Waals surface area contributed by atoms with Crippen LogP contribution in [0.3, 0.4) is 0 Å². The Morgan fingerprint density at radius 3 is 2.58 bits per heavy atom. The Labute approximate surface area is 178 Å². The van der Waals surface area contributed by atoms with E-state index in [4.69, 9.17) is 0 Å². The number of rotatable bonds is 8. The molecule has 31 heavy (non-hydrogen) atoms. The normalized spacial score (nSPS) is 13.9. The lowest BCUT2D eigenvalue weighted by molar-refractivity contribution is 0.0719. The highest BCUT2D eigenvalue weighted by Crippen LogP contribution is 2.32. The van der Waals surface area contributed by atoms with Crippen molar-refractivity contribution in [2.24, 2.45) is 11.8 Å². The highest BCUT2D eigenvalue weighted by Gasteiger charge is 2.28. The molecule has 0 atom stereocenters. The third kappa shape index (κ3) is 4.73. The third-order valence-electron chi connectivity index (χ3n) is 5.54. The Morgan fingerprint density at radius 1 is 1.23 bits per heavy atom. The van der Waals surface area contributed by atoms with E-state index in [-0.39, 0.29) is 12.5 Å². The van der Waals surface area contributed by atoms with Crippen LogP contribution >= 0.6 is 0 Å². The molecule has 5 nitrogen and oxygen atoms in total. The number of aromatic nitrogens is 3. The number of fused-ring (bicyclic) bond motifs is 1. The lowest BCUT2D eigenvalue weighted by Gasteiger charge is -2.24. The van der Waals surface area contributed by atoms with Gasteiger partial charge in [-0.2, -0.15) is 0 Å². The van der Waals surface area contributed by atoms with Crippen LogP contribution in [-0.4, -0.2) is 31.9 Å². The van der Waals surface area contributed by atoms with E-state index >= 15 is 0 Å². The minimum Gasteiger partial charge on any atom is -0.331 e. The molecule has 0 unspecified atom stereocenters. The number of amides is 1. The van der Waals surface area contributed by atoms with E-state index in [2.05, 4.69) is 9.97 Å². The van der Waals surface area contributed by atoms with Crippen molar-refractivity contribution in [3.63, 3.8) is 0 Å². The van der Waals surface area contributed by atoms with Gasteiger partial charge in [0.25, 0.3) is 5.91 Å². The summed E-state index contributed by atoms with van der Waals surface area (Å²) in [6.07, 6.45) is 4.61. The number of imidazole rings is 1. The Balaban J connectivity index is 1.70. The fourth-order valence-electron chi connectivity index (χ4n) is 3.62. The molecular weight excluding hydrogens is 405 g/mol. The number of carbonyl (C=O) groups excluding carboxylic acids is 1. The van der Waals surface area contributed by atoms with Crippen LogP contribution in [0.25, 0.3) is 11.2 Å². The molecule has 0 radical (unpaired) electrons. The maximum atomic E-state index is 14.3. The van der Waals surface area contributed by atoms with E-state index in [0.717, 1.165) is 25.0 Å². The van der Waals surface area contributed by atoms with Crippen LogP contribution in [-0.2, 0) is 13.1 Å². The summed E-state index contributed by atoms with van der Waals surface area (Å²) in [6, 6.07) is 4.72. The van der Waals surface area contributed by atoms with Crippen molar-refractivity contribution >= 4 is 17.1 Å². The van der Waals surface area contributed by atoms with Crippen LogP contribution in [0.5, 0.6) is 0 Å². The van der Waals surface area contributed by atoms with E-state index in [0.29, 0.717) is 42.4 Å². The lowest BCUT2D eigenvalue weighted by Crippen LogP contribution is -2.34. The second kappa shape index (κ2) is 8.69. The van der Waals surface area contributed by atoms with Gasteiger partial charge < -0.3 is 9.47 Å². The first-order valence-electron chi connectivity index (χ1n) is 10.6. The van der Waals surface area contributed by atoms with Crippen molar-refractivity contribution in [1.29, 1.82) is 0 Å². The second-order valence-electron chi connectivity index (χ2n) is 8.58. The van der Waals surface area contributed by atoms with Gasteiger partial charge in [-0.25, -0.2) is 23.1 Å². The molecule has 2 heterocycles. The molecule has 0 N–H and O–H groups in total. The van der Waals surface area contributed by atoms with Crippen LogP contribution in [0.15, 0.2) is 30.5 Å². The van der Waals surface area contributed by atoms with Crippen LogP contribution in [0.2, 0.25) is 0 Å². The van der Waals surface area contributed by atoms with Gasteiger partial charge >= 0.3 is 0 Å². The standard InChI is InChI=1S/C23H25F3N4O/c1-14(2)7-9-29(23(31)21-17(25)10-16(24)11-18(21)26)13-20-28-19-4-3-8-27-22(19)30(20)12-15-5-6-15/h3-4,8,10-11,14-15H,5-7,9,12-13H2,1-2H3. The Bertz CT molecular complexity index is 1080. The van der Waals surface area contributed by atoms with Crippen molar-refractivity contribution in [3.8, 4) is 0 Å². The molecular formula is C23H25F3N4O. The minimum absolute atomic E-state index is 0.0882. The summed E-state index contributed by atoms with van der Waals surface area (Å²) in [5.41, 5.74) is 0.710. The fourth-order valence-corrected chi connectivity index (χ4v) is 3.62. The highest BCUT2D eigenvalue weighted by molar-refractivity contribution is 5.94. The van der Waals surface area contributed by atoms with Crippen LogP contribution < -0.4 is 0 Å². The maximum Gasteiger partial charge on any atom is 0.260 e. The first-order valence-corrected chi connectivity index (χ1v) is 10.6.